The van der Waals surface area contributed by atoms with Gasteiger partial charge in [-0.2, -0.15) is 0 Å². The van der Waals surface area contributed by atoms with Crippen LogP contribution in [0.15, 0.2) is 0 Å². The Bertz CT molecular complexity index is 71.2. The number of halogens is 3. The third kappa shape index (κ3) is 0.492. The van der Waals surface area contributed by atoms with Gasteiger partial charge in [0.25, 0.3) is 5.92 Å². The highest BCUT2D eigenvalue weighted by Gasteiger charge is 2.55. The molecule has 0 radical (unpaired) electrons. The molecule has 1 saturated carbocycles. The predicted molar refractivity (Wildman–Crippen MR) is 19.2 cm³/mol. The molecule has 0 N–H and O–H groups in total. The third-order valence-corrected chi connectivity index (χ3v) is 1.22. The van der Waals surface area contributed by atoms with E-state index in [1.54, 1.807) is 0 Å². The molecule has 3 heteroatoms. The lowest BCUT2D eigenvalue weighted by Crippen LogP contribution is -1.89. The first-order valence-electron chi connectivity index (χ1n) is 1.65. The lowest BCUT2D eigenvalue weighted by Gasteiger charge is -1.80. The maximum Gasteiger partial charge on any atom is 0.266 e. The summed E-state index contributed by atoms with van der Waals surface area (Å²) in [5.41, 5.74) is 0. The van der Waals surface area contributed by atoms with Crippen LogP contribution >= 0.6 is 11.6 Å². The van der Waals surface area contributed by atoms with Crippen molar-refractivity contribution >= 4 is 11.6 Å². The Morgan fingerprint density at radius 2 is 1.83 bits per heavy atom. The number of alkyl halides is 3. The van der Waals surface area contributed by atoms with E-state index in [4.69, 9.17) is 11.6 Å². The second-order valence-electron chi connectivity index (χ2n) is 1.43. The average molecular weight is 113 g/mol. The van der Waals surface area contributed by atoms with Gasteiger partial charge in [0.05, 0.1) is 0 Å². The number of rotatable bonds is 0. The fourth-order valence-corrected chi connectivity index (χ4v) is 0.386. The molecule has 1 aliphatic rings. The smallest absolute Gasteiger partial charge is 0.205 e. The standard InChI is InChI=1S/C3H3ClF2/c4-2-1-3(2,5)6/h2H,1H2/t2-/m1/s1. The summed E-state index contributed by atoms with van der Waals surface area (Å²) in [4.78, 5) is 0. The summed E-state index contributed by atoms with van der Waals surface area (Å²) >= 11 is 4.93. The molecule has 1 fully saturated rings. The van der Waals surface area contributed by atoms with E-state index in [-0.39, 0.29) is 6.42 Å². The van der Waals surface area contributed by atoms with Crippen molar-refractivity contribution in [2.75, 3.05) is 0 Å². The molecule has 0 amide bonds. The Kier molecular flexibility index (Phi) is 0.619. The molecule has 0 bridgehead atoms. The Hall–Kier alpha value is 0.150. The van der Waals surface area contributed by atoms with E-state index < -0.39 is 11.3 Å². The van der Waals surface area contributed by atoms with E-state index in [1.807, 2.05) is 0 Å². The summed E-state index contributed by atoms with van der Waals surface area (Å²) in [6.45, 7) is 0. The summed E-state index contributed by atoms with van der Waals surface area (Å²) in [7, 11) is 0. The van der Waals surface area contributed by atoms with Crippen molar-refractivity contribution in [3.8, 4) is 0 Å². The number of hydrogen-bond acceptors (Lipinski definition) is 0. The van der Waals surface area contributed by atoms with E-state index in [9.17, 15) is 8.78 Å². The predicted octanol–water partition coefficient (Wildman–Crippen LogP) is 1.63. The normalized spacial score (nSPS) is 39.5. The van der Waals surface area contributed by atoms with Gasteiger partial charge in [0.2, 0.25) is 0 Å². The fourth-order valence-electron chi connectivity index (χ4n) is 0.180. The van der Waals surface area contributed by atoms with E-state index in [2.05, 4.69) is 0 Å². The van der Waals surface area contributed by atoms with Crippen LogP contribution in [0.3, 0.4) is 0 Å². The van der Waals surface area contributed by atoms with Gasteiger partial charge >= 0.3 is 0 Å². The highest BCUT2D eigenvalue weighted by Crippen LogP contribution is 2.45. The average Bonchev–Trinajstić information content (AvgIpc) is 1.73. The fraction of sp³-hybridized carbons (Fsp3) is 1.00. The van der Waals surface area contributed by atoms with E-state index in [1.165, 1.54) is 0 Å². The van der Waals surface area contributed by atoms with Gasteiger partial charge in [-0.25, -0.2) is 8.78 Å². The minimum atomic E-state index is -2.53. The molecular formula is C3H3ClF2. The molecule has 1 aliphatic carbocycles. The Morgan fingerprint density at radius 3 is 1.83 bits per heavy atom. The van der Waals surface area contributed by atoms with Crippen LogP contribution < -0.4 is 0 Å². The first-order chi connectivity index (χ1) is 2.63. The molecule has 0 spiro atoms. The molecule has 0 aromatic heterocycles. The van der Waals surface area contributed by atoms with Crippen molar-refractivity contribution < 1.29 is 8.78 Å². The van der Waals surface area contributed by atoms with Gasteiger partial charge in [0, 0.05) is 6.42 Å². The Labute approximate surface area is 39.1 Å². The summed E-state index contributed by atoms with van der Waals surface area (Å²) in [6, 6.07) is 0. The van der Waals surface area contributed by atoms with E-state index >= 15 is 0 Å². The van der Waals surface area contributed by atoms with Crippen LogP contribution in [0, 0.1) is 0 Å². The van der Waals surface area contributed by atoms with Crippen molar-refractivity contribution in [1.29, 1.82) is 0 Å². The van der Waals surface area contributed by atoms with Crippen molar-refractivity contribution in [2.45, 2.75) is 17.7 Å². The molecule has 0 aliphatic heterocycles. The van der Waals surface area contributed by atoms with E-state index in [0.717, 1.165) is 0 Å². The zero-order valence-electron chi connectivity index (χ0n) is 2.92. The molecule has 6 heavy (non-hydrogen) atoms. The van der Waals surface area contributed by atoms with Crippen molar-refractivity contribution in [2.24, 2.45) is 0 Å². The minimum Gasteiger partial charge on any atom is -0.205 e. The van der Waals surface area contributed by atoms with Crippen molar-refractivity contribution in [1.82, 2.24) is 0 Å². The maximum absolute atomic E-state index is 11.4. The molecule has 1 atom stereocenters. The molecule has 0 aromatic carbocycles. The van der Waals surface area contributed by atoms with Crippen LogP contribution in [0.5, 0.6) is 0 Å². The third-order valence-electron chi connectivity index (χ3n) is 0.750. The highest BCUT2D eigenvalue weighted by atomic mass is 35.5. The van der Waals surface area contributed by atoms with Gasteiger partial charge < -0.3 is 0 Å². The van der Waals surface area contributed by atoms with Gasteiger partial charge in [-0.05, 0) is 0 Å². The molecular weight excluding hydrogens is 109 g/mol. The van der Waals surface area contributed by atoms with Crippen molar-refractivity contribution in [3.63, 3.8) is 0 Å². The zero-order valence-corrected chi connectivity index (χ0v) is 3.67. The lowest BCUT2D eigenvalue weighted by atomic mass is 10.8. The van der Waals surface area contributed by atoms with E-state index in [0.29, 0.717) is 0 Å². The number of hydrogen-bond donors (Lipinski definition) is 0. The van der Waals surface area contributed by atoms with Gasteiger partial charge in [-0.15, -0.1) is 11.6 Å². The molecule has 1 rings (SSSR count). The summed E-state index contributed by atoms with van der Waals surface area (Å²) in [6.07, 6.45) is -0.130. The Balaban J connectivity index is 2.41. The largest absolute Gasteiger partial charge is 0.266 e. The van der Waals surface area contributed by atoms with Crippen LogP contribution in [0.4, 0.5) is 8.78 Å². The molecule has 0 unspecified atom stereocenters. The quantitative estimate of drug-likeness (QED) is 0.418. The van der Waals surface area contributed by atoms with Gasteiger partial charge in [0.1, 0.15) is 5.38 Å². The lowest BCUT2D eigenvalue weighted by molar-refractivity contribution is 0.121. The van der Waals surface area contributed by atoms with Gasteiger partial charge in [0.15, 0.2) is 0 Å². The first kappa shape index (κ1) is 4.31. The molecule has 0 heterocycles. The minimum absolute atomic E-state index is 0.130. The van der Waals surface area contributed by atoms with Crippen LogP contribution in [-0.4, -0.2) is 11.3 Å². The van der Waals surface area contributed by atoms with Crippen LogP contribution in [-0.2, 0) is 0 Å². The van der Waals surface area contributed by atoms with Gasteiger partial charge in [-0.1, -0.05) is 0 Å². The van der Waals surface area contributed by atoms with Crippen LogP contribution in [0.25, 0.3) is 0 Å². The SMILES string of the molecule is FC1(F)C[C@H]1Cl. The summed E-state index contributed by atoms with van der Waals surface area (Å²) in [5.74, 6) is -2.53. The van der Waals surface area contributed by atoms with Crippen molar-refractivity contribution in [3.05, 3.63) is 0 Å². The summed E-state index contributed by atoms with van der Waals surface area (Å²) < 4.78 is 22.8. The molecule has 0 saturated heterocycles. The monoisotopic (exact) mass is 112 g/mol. The zero-order chi connectivity index (χ0) is 4.78. The second-order valence-corrected chi connectivity index (χ2v) is 1.96. The summed E-state index contributed by atoms with van der Waals surface area (Å²) in [5, 5.41) is -0.863. The van der Waals surface area contributed by atoms with Crippen LogP contribution in [0.1, 0.15) is 6.42 Å². The molecule has 0 nitrogen and oxygen atoms in total. The highest BCUT2D eigenvalue weighted by molar-refractivity contribution is 6.23. The second kappa shape index (κ2) is 0.861. The Morgan fingerprint density at radius 1 is 1.67 bits per heavy atom. The molecule has 36 valence electrons. The van der Waals surface area contributed by atoms with Gasteiger partial charge in [-0.3, -0.25) is 0 Å². The molecule has 0 aromatic rings. The maximum atomic E-state index is 11.4. The van der Waals surface area contributed by atoms with Crippen LogP contribution in [0.2, 0.25) is 0 Å². The topological polar surface area (TPSA) is 0 Å². The first-order valence-corrected chi connectivity index (χ1v) is 2.08.